The molecule has 1 saturated heterocycles. The van der Waals surface area contributed by atoms with Gasteiger partial charge in [-0.15, -0.1) is 0 Å². The second-order valence-corrected chi connectivity index (χ2v) is 7.13. The van der Waals surface area contributed by atoms with Gasteiger partial charge in [0.15, 0.2) is 0 Å². The first kappa shape index (κ1) is 19.4. The topological polar surface area (TPSA) is 21.3 Å². The van der Waals surface area contributed by atoms with Gasteiger partial charge in [0.05, 0.1) is 13.2 Å². The van der Waals surface area contributed by atoms with Crippen LogP contribution in [0.2, 0.25) is 0 Å². The smallest absolute Gasteiger partial charge is 0.123 e. The van der Waals surface area contributed by atoms with E-state index in [9.17, 15) is 4.39 Å². The zero-order valence-electron chi connectivity index (χ0n) is 15.2. The maximum absolute atomic E-state index is 13.9. The predicted octanol–water partition coefficient (Wildman–Crippen LogP) is 5.05. The first-order chi connectivity index (χ1) is 11.8. The Morgan fingerprint density at radius 3 is 2.75 bits per heavy atom. The number of rotatable bonds is 10. The molecule has 1 aromatic carbocycles. The van der Waals surface area contributed by atoms with Crippen LogP contribution in [0.1, 0.15) is 63.0 Å². The van der Waals surface area contributed by atoms with Crippen LogP contribution < -0.4 is 5.32 Å². The summed E-state index contributed by atoms with van der Waals surface area (Å²) in [4.78, 5) is 0. The van der Waals surface area contributed by atoms with Crippen LogP contribution in [0.3, 0.4) is 0 Å². The zero-order valence-corrected chi connectivity index (χ0v) is 15.2. The number of hydrogen-bond donors (Lipinski definition) is 1. The lowest BCUT2D eigenvalue weighted by Gasteiger charge is -2.14. The van der Waals surface area contributed by atoms with Crippen LogP contribution in [-0.2, 0) is 17.8 Å². The average molecular weight is 336 g/mol. The van der Waals surface area contributed by atoms with Crippen molar-refractivity contribution >= 4 is 0 Å². The van der Waals surface area contributed by atoms with Crippen LogP contribution in [0.4, 0.5) is 4.39 Å². The second-order valence-electron chi connectivity index (χ2n) is 7.13. The molecule has 1 unspecified atom stereocenters. The van der Waals surface area contributed by atoms with Crippen LogP contribution in [0.15, 0.2) is 24.3 Å². The Morgan fingerprint density at radius 2 is 1.96 bits per heavy atom. The Labute approximate surface area is 147 Å². The molecule has 0 bridgehead atoms. The Balaban J connectivity index is 1.50. The summed E-state index contributed by atoms with van der Waals surface area (Å²) in [7, 11) is 0. The summed E-state index contributed by atoms with van der Waals surface area (Å²) in [6.07, 6.45) is 8.21. The lowest BCUT2D eigenvalue weighted by molar-refractivity contribution is 0.0653. The van der Waals surface area contributed by atoms with E-state index in [1.54, 1.807) is 0 Å². The number of halogens is 1. The van der Waals surface area contributed by atoms with Crippen LogP contribution >= 0.6 is 0 Å². The van der Waals surface area contributed by atoms with Crippen LogP contribution in [0, 0.1) is 5.92 Å². The summed E-state index contributed by atoms with van der Waals surface area (Å²) in [5, 5.41) is 3.50. The van der Waals surface area contributed by atoms with E-state index in [0.29, 0.717) is 13.0 Å². The van der Waals surface area contributed by atoms with Gasteiger partial charge in [-0.3, -0.25) is 0 Å². The van der Waals surface area contributed by atoms with E-state index < -0.39 is 6.17 Å². The number of benzene rings is 1. The Bertz CT molecular complexity index is 426. The number of alkyl halides is 1. The first-order valence-corrected chi connectivity index (χ1v) is 9.78. The van der Waals surface area contributed by atoms with E-state index in [4.69, 9.17) is 4.74 Å². The lowest BCUT2D eigenvalue weighted by atomic mass is 9.96. The highest BCUT2D eigenvalue weighted by Gasteiger charge is 2.12. The van der Waals surface area contributed by atoms with Gasteiger partial charge in [-0.25, -0.2) is 4.39 Å². The highest BCUT2D eigenvalue weighted by atomic mass is 19.1. The van der Waals surface area contributed by atoms with E-state index in [1.807, 2.05) is 0 Å². The van der Waals surface area contributed by atoms with Crippen molar-refractivity contribution in [1.82, 2.24) is 5.32 Å². The van der Waals surface area contributed by atoms with Crippen molar-refractivity contribution in [3.8, 4) is 0 Å². The van der Waals surface area contributed by atoms with E-state index in [2.05, 4.69) is 36.5 Å². The molecule has 1 aliphatic heterocycles. The molecule has 2 atom stereocenters. The molecule has 1 heterocycles. The third kappa shape index (κ3) is 7.76. The van der Waals surface area contributed by atoms with Crippen molar-refractivity contribution in [1.29, 1.82) is 0 Å². The van der Waals surface area contributed by atoms with Crippen molar-refractivity contribution in [2.45, 2.75) is 71.1 Å². The number of aryl methyl sites for hydroxylation is 1. The summed E-state index contributed by atoms with van der Waals surface area (Å²) >= 11 is 0. The van der Waals surface area contributed by atoms with Crippen molar-refractivity contribution < 1.29 is 9.13 Å². The Kier molecular flexibility index (Phi) is 9.37. The summed E-state index contributed by atoms with van der Waals surface area (Å²) in [6, 6.07) is 8.39. The third-order valence-corrected chi connectivity index (χ3v) is 5.03. The number of nitrogens with one attached hydrogen (secondary N) is 1. The standard InChI is InChI=1S/C21H34FNO/c1-2-18-10-12-20(13-11-18)16-24-17-21(22)9-4-3-7-19-8-5-6-14-23-15-19/h10-13,19,21,23H,2-9,14-17H2,1H3/t19?,21-/m1/s1. The fourth-order valence-electron chi connectivity index (χ4n) is 3.40. The molecule has 24 heavy (non-hydrogen) atoms. The van der Waals surface area contributed by atoms with Gasteiger partial charge in [-0.2, -0.15) is 0 Å². The SMILES string of the molecule is CCc1ccc(COC[C@H](F)CCCCC2CCCCNC2)cc1. The Morgan fingerprint density at radius 1 is 1.17 bits per heavy atom. The molecule has 0 aliphatic carbocycles. The van der Waals surface area contributed by atoms with Gasteiger partial charge in [0.2, 0.25) is 0 Å². The number of hydrogen-bond acceptors (Lipinski definition) is 2. The zero-order chi connectivity index (χ0) is 17.0. The van der Waals surface area contributed by atoms with Gasteiger partial charge in [-0.05, 0) is 62.2 Å². The largest absolute Gasteiger partial charge is 0.374 e. The monoisotopic (exact) mass is 335 g/mol. The highest BCUT2D eigenvalue weighted by Crippen LogP contribution is 2.19. The summed E-state index contributed by atoms with van der Waals surface area (Å²) in [6.45, 7) is 5.20. The van der Waals surface area contributed by atoms with Gasteiger partial charge in [0, 0.05) is 0 Å². The summed E-state index contributed by atoms with van der Waals surface area (Å²) in [5.41, 5.74) is 2.45. The van der Waals surface area contributed by atoms with E-state index in [-0.39, 0.29) is 6.61 Å². The minimum absolute atomic E-state index is 0.223. The second kappa shape index (κ2) is 11.6. The maximum atomic E-state index is 13.9. The molecule has 0 spiro atoms. The molecule has 2 nitrogen and oxygen atoms in total. The van der Waals surface area contributed by atoms with Crippen LogP contribution in [0.25, 0.3) is 0 Å². The first-order valence-electron chi connectivity index (χ1n) is 9.78. The van der Waals surface area contributed by atoms with E-state index >= 15 is 0 Å². The molecule has 136 valence electrons. The van der Waals surface area contributed by atoms with E-state index in [1.165, 1.54) is 37.8 Å². The van der Waals surface area contributed by atoms with Crippen molar-refractivity contribution in [3.63, 3.8) is 0 Å². The molecule has 0 radical (unpaired) electrons. The van der Waals surface area contributed by atoms with Gasteiger partial charge in [-0.1, -0.05) is 50.5 Å². The number of ether oxygens (including phenoxy) is 1. The van der Waals surface area contributed by atoms with Crippen molar-refractivity contribution in [2.75, 3.05) is 19.7 Å². The molecule has 1 aliphatic rings. The maximum Gasteiger partial charge on any atom is 0.123 e. The average Bonchev–Trinajstić information content (AvgIpc) is 2.88. The van der Waals surface area contributed by atoms with Gasteiger partial charge in [0.1, 0.15) is 6.17 Å². The van der Waals surface area contributed by atoms with Gasteiger partial charge >= 0.3 is 0 Å². The highest BCUT2D eigenvalue weighted by molar-refractivity contribution is 5.21. The molecule has 0 saturated carbocycles. The quantitative estimate of drug-likeness (QED) is 0.604. The fourth-order valence-corrected chi connectivity index (χ4v) is 3.40. The minimum atomic E-state index is -0.827. The lowest BCUT2D eigenvalue weighted by Crippen LogP contribution is -2.20. The molecule has 1 aromatic rings. The van der Waals surface area contributed by atoms with Crippen molar-refractivity contribution in [3.05, 3.63) is 35.4 Å². The van der Waals surface area contributed by atoms with E-state index in [0.717, 1.165) is 37.3 Å². The molecule has 2 rings (SSSR count). The minimum Gasteiger partial charge on any atom is -0.374 e. The van der Waals surface area contributed by atoms with Gasteiger partial charge in [0.25, 0.3) is 0 Å². The number of unbranched alkanes of at least 4 members (excludes halogenated alkanes) is 1. The summed E-state index contributed by atoms with van der Waals surface area (Å²) in [5.74, 6) is 0.799. The fraction of sp³-hybridized carbons (Fsp3) is 0.714. The molecule has 0 amide bonds. The van der Waals surface area contributed by atoms with Gasteiger partial charge < -0.3 is 10.1 Å². The third-order valence-electron chi connectivity index (χ3n) is 5.03. The van der Waals surface area contributed by atoms with Crippen LogP contribution in [-0.4, -0.2) is 25.9 Å². The molecule has 1 fully saturated rings. The van der Waals surface area contributed by atoms with Crippen molar-refractivity contribution in [2.24, 2.45) is 5.92 Å². The molecular formula is C21H34FNO. The molecular weight excluding hydrogens is 301 g/mol. The molecule has 3 heteroatoms. The van der Waals surface area contributed by atoms with Crippen LogP contribution in [0.5, 0.6) is 0 Å². The molecule has 1 N–H and O–H groups in total. The predicted molar refractivity (Wildman–Crippen MR) is 99.1 cm³/mol. The molecule has 0 aromatic heterocycles. The summed E-state index contributed by atoms with van der Waals surface area (Å²) < 4.78 is 19.5. The Hall–Kier alpha value is -0.930. The normalized spacial score (nSPS) is 19.8.